The summed E-state index contributed by atoms with van der Waals surface area (Å²) in [5.74, 6) is 1.73. The van der Waals surface area contributed by atoms with Crippen molar-refractivity contribution in [3.63, 3.8) is 0 Å². The first-order chi connectivity index (χ1) is 49.4. The second-order valence-electron chi connectivity index (χ2n) is 31.0. The van der Waals surface area contributed by atoms with Gasteiger partial charge in [-0.15, -0.1) is 0 Å². The van der Waals surface area contributed by atoms with Gasteiger partial charge >= 0.3 is 13.7 Å². The van der Waals surface area contributed by atoms with Crippen LogP contribution in [0.5, 0.6) is 11.5 Å². The van der Waals surface area contributed by atoms with E-state index in [9.17, 15) is 0 Å². The van der Waals surface area contributed by atoms with Crippen molar-refractivity contribution in [1.29, 1.82) is 0 Å². The van der Waals surface area contributed by atoms with Crippen molar-refractivity contribution < 1.29 is 4.74 Å². The maximum Gasteiger partial charge on any atom is 0.333 e. The molecule has 7 heteroatoms. The fraction of sp³-hybridized carbons (Fsp3) is 0.128. The predicted molar refractivity (Wildman–Crippen MR) is 427 cm³/mol. The third-order valence-corrected chi connectivity index (χ3v) is 24.8. The van der Waals surface area contributed by atoms with E-state index >= 15 is 0 Å². The highest BCUT2D eigenvalue weighted by Gasteiger charge is 2.62. The number of nitrogens with zero attached hydrogens (tertiary/aromatic N) is 4. The average Bonchev–Trinajstić information content (AvgIpc) is 1.58. The summed E-state index contributed by atoms with van der Waals surface area (Å²) in [6.07, 6.45) is 4.76. The second kappa shape index (κ2) is 20.6. The van der Waals surface area contributed by atoms with Crippen LogP contribution in [0, 0.1) is 0 Å². The number of rotatable bonds is 5. The normalized spacial score (nSPS) is 17.6. The molecule has 7 aliphatic rings. The topological polar surface area (TPSA) is 22.2 Å². The SMILES string of the molecule is CC(C)(C)c1cc2c3c(c1)C1(C)CCCCC1(C)N3c1cc3cc(-c4ccc(-c5ccc(N6B7c8cccc9c8N(c8ccccc8O9)c8c7c(cc7ccccc87)-c7cc8ccccc8cc76)cc5)cc4)ccc3c3c1B2N(c1ccc(-c2ccccc2)cc1)c1cc2ccccc2cc1-3. The standard InChI is InChI=1S/C94H70B2N4O/c1-92(2,3)69-55-77-90-79(56-69)96-88-83(98(90)94(5)47-18-17-46-93(77,94)4)54-68-48-66(40-45-72(68)86(88)76-50-63-23-10-12-25-65(63)53-82(76)100(96)71-41-36-59(37-42-71)57-20-7-6-8-21-57)61-34-32-58(33-35-61)60-38-43-70(44-39-60)99-81-52-64-24-11-9-22-62(64)49-74(81)75-51-67-26-13-14-27-73(67)89-87(75)95(99)78-28-19-31-85-91(78)97(89)80-29-15-16-30-84(80)101-85/h6-16,19-45,48-56H,17-18,46-47H2,1-5H3. The Hall–Kier alpha value is -11.5. The molecule has 1 fully saturated rings. The quantitative estimate of drug-likeness (QED) is 0.160. The Morgan fingerprint density at radius 3 is 1.59 bits per heavy atom. The minimum atomic E-state index is -0.148. The van der Waals surface area contributed by atoms with Crippen molar-refractivity contribution in [2.45, 2.75) is 76.7 Å². The molecule has 15 aromatic rings. The van der Waals surface area contributed by atoms with Crippen molar-refractivity contribution >= 4 is 130 Å². The van der Waals surface area contributed by atoms with E-state index in [0.717, 1.165) is 35.0 Å². The molecule has 0 radical (unpaired) electrons. The molecule has 2 atom stereocenters. The van der Waals surface area contributed by atoms with Gasteiger partial charge in [-0.1, -0.05) is 241 Å². The molecule has 15 aromatic carbocycles. The molecule has 2 unspecified atom stereocenters. The average molecular weight is 1290 g/mol. The van der Waals surface area contributed by atoms with E-state index in [1.54, 1.807) is 0 Å². The Morgan fingerprint density at radius 1 is 0.366 bits per heavy atom. The number of fused-ring (bicyclic) bond motifs is 19. The largest absolute Gasteiger partial charge is 0.453 e. The molecule has 0 amide bonds. The molecule has 0 aromatic heterocycles. The minimum Gasteiger partial charge on any atom is -0.453 e. The van der Waals surface area contributed by atoms with Crippen molar-refractivity contribution in [1.82, 2.24) is 0 Å². The second-order valence-corrected chi connectivity index (χ2v) is 31.0. The molecule has 5 nitrogen and oxygen atoms in total. The molecule has 1 aliphatic carbocycles. The summed E-state index contributed by atoms with van der Waals surface area (Å²) >= 11 is 0. The van der Waals surface area contributed by atoms with Gasteiger partial charge in [0.25, 0.3) is 0 Å². The van der Waals surface area contributed by atoms with Crippen LogP contribution in [0.1, 0.15) is 71.4 Å². The lowest BCUT2D eigenvalue weighted by atomic mass is 9.42. The first-order valence-electron chi connectivity index (χ1n) is 36.3. The summed E-state index contributed by atoms with van der Waals surface area (Å²) in [7, 11) is 0. The highest BCUT2D eigenvalue weighted by molar-refractivity contribution is 6.95. The van der Waals surface area contributed by atoms with Crippen LogP contribution < -0.4 is 46.0 Å². The van der Waals surface area contributed by atoms with E-state index in [-0.39, 0.29) is 30.1 Å². The number of para-hydroxylation sites is 3. The maximum absolute atomic E-state index is 6.86. The van der Waals surface area contributed by atoms with Gasteiger partial charge in [0.1, 0.15) is 0 Å². The van der Waals surface area contributed by atoms with Gasteiger partial charge in [0.05, 0.1) is 22.6 Å². The zero-order chi connectivity index (χ0) is 66.9. The number of anilines is 9. The summed E-state index contributed by atoms with van der Waals surface area (Å²) in [5.41, 5.74) is 31.4. The fourth-order valence-electron chi connectivity index (χ4n) is 19.7. The summed E-state index contributed by atoms with van der Waals surface area (Å²) < 4.78 is 6.86. The fourth-order valence-corrected chi connectivity index (χ4v) is 19.7. The molecule has 6 aliphatic heterocycles. The van der Waals surface area contributed by atoms with Gasteiger partial charge in [-0.3, -0.25) is 0 Å². The minimum absolute atomic E-state index is 0.0521. The van der Waals surface area contributed by atoms with Crippen molar-refractivity contribution in [2.75, 3.05) is 19.4 Å². The van der Waals surface area contributed by atoms with Gasteiger partial charge < -0.3 is 24.2 Å². The van der Waals surface area contributed by atoms with E-state index in [4.69, 9.17) is 4.74 Å². The lowest BCUT2D eigenvalue weighted by Crippen LogP contribution is -2.64. The zero-order valence-corrected chi connectivity index (χ0v) is 57.3. The van der Waals surface area contributed by atoms with Crippen molar-refractivity contribution in [2.24, 2.45) is 0 Å². The first-order valence-corrected chi connectivity index (χ1v) is 36.3. The van der Waals surface area contributed by atoms with Crippen LogP contribution in [-0.4, -0.2) is 19.2 Å². The van der Waals surface area contributed by atoms with E-state index in [1.165, 1.54) is 185 Å². The molecule has 0 N–H and O–H groups in total. The van der Waals surface area contributed by atoms with Crippen LogP contribution in [0.25, 0.3) is 98.7 Å². The molecular weight excluding hydrogens is 1220 g/mol. The third kappa shape index (κ3) is 7.89. The molecule has 0 saturated heterocycles. The molecule has 22 rings (SSSR count). The predicted octanol–water partition coefficient (Wildman–Crippen LogP) is 22.4. The molecule has 6 heterocycles. The Balaban J connectivity index is 0.685. The number of ether oxygens (including phenoxy) is 1. The summed E-state index contributed by atoms with van der Waals surface area (Å²) in [5, 5.41) is 9.96. The smallest absolute Gasteiger partial charge is 0.333 e. The van der Waals surface area contributed by atoms with Gasteiger partial charge in [-0.05, 0) is 225 Å². The van der Waals surface area contributed by atoms with Gasteiger partial charge in [0.15, 0.2) is 11.5 Å². The molecule has 1 saturated carbocycles. The lowest BCUT2D eigenvalue weighted by molar-refractivity contribution is 0.195. The van der Waals surface area contributed by atoms with E-state index in [2.05, 4.69) is 339 Å². The molecule has 101 heavy (non-hydrogen) atoms. The Bertz CT molecular complexity index is 6120. The summed E-state index contributed by atoms with van der Waals surface area (Å²) in [4.78, 5) is 10.8. The molecule has 0 bridgehead atoms. The van der Waals surface area contributed by atoms with Crippen LogP contribution in [-0.2, 0) is 10.8 Å². The van der Waals surface area contributed by atoms with E-state index < -0.39 is 0 Å². The van der Waals surface area contributed by atoms with Crippen LogP contribution in [0.15, 0.2) is 285 Å². The lowest BCUT2D eigenvalue weighted by Gasteiger charge is -2.53. The van der Waals surface area contributed by atoms with Gasteiger partial charge in [0, 0.05) is 56.1 Å². The molecule has 0 spiro atoms. The number of benzene rings is 15. The van der Waals surface area contributed by atoms with Gasteiger partial charge in [0.2, 0.25) is 0 Å². The Labute approximate surface area is 590 Å². The van der Waals surface area contributed by atoms with Gasteiger partial charge in [-0.25, -0.2) is 0 Å². The number of hydrogen-bond donors (Lipinski definition) is 0. The van der Waals surface area contributed by atoms with Crippen molar-refractivity contribution in [3.8, 4) is 67.1 Å². The highest BCUT2D eigenvalue weighted by atomic mass is 16.5. The van der Waals surface area contributed by atoms with Crippen LogP contribution in [0.3, 0.4) is 0 Å². The Morgan fingerprint density at radius 2 is 0.901 bits per heavy atom. The maximum atomic E-state index is 6.86. The zero-order valence-electron chi connectivity index (χ0n) is 57.3. The third-order valence-electron chi connectivity index (χ3n) is 24.8. The van der Waals surface area contributed by atoms with Crippen molar-refractivity contribution in [3.05, 3.63) is 296 Å². The summed E-state index contributed by atoms with van der Waals surface area (Å²) in [6, 6.07) is 109. The number of hydrogen-bond acceptors (Lipinski definition) is 5. The highest BCUT2D eigenvalue weighted by Crippen LogP contribution is 2.64. The molecule has 478 valence electrons. The first kappa shape index (κ1) is 57.4. The van der Waals surface area contributed by atoms with Gasteiger partial charge in [-0.2, -0.15) is 0 Å². The van der Waals surface area contributed by atoms with Crippen LogP contribution >= 0.6 is 0 Å². The van der Waals surface area contributed by atoms with Crippen LogP contribution in [0.4, 0.5) is 51.2 Å². The van der Waals surface area contributed by atoms with E-state index in [0.29, 0.717) is 0 Å². The van der Waals surface area contributed by atoms with E-state index in [1.807, 2.05) is 0 Å². The Kier molecular flexibility index (Phi) is 11.7. The summed E-state index contributed by atoms with van der Waals surface area (Å²) in [6.45, 7) is 12.2. The monoisotopic (exact) mass is 1290 g/mol. The molecular formula is C94H70B2N4O. The van der Waals surface area contributed by atoms with Crippen LogP contribution in [0.2, 0.25) is 0 Å².